The van der Waals surface area contributed by atoms with Gasteiger partial charge >= 0.3 is 6.09 Å². The summed E-state index contributed by atoms with van der Waals surface area (Å²) in [5.41, 5.74) is 7.67. The number of amides is 2. The van der Waals surface area contributed by atoms with Gasteiger partial charge in [0.1, 0.15) is 5.82 Å². The first-order valence-corrected chi connectivity index (χ1v) is 6.65. The van der Waals surface area contributed by atoms with Crippen LogP contribution in [0.3, 0.4) is 0 Å². The number of aromatic nitrogens is 1. The van der Waals surface area contributed by atoms with Crippen LogP contribution in [0.4, 0.5) is 16.3 Å². The Balaban J connectivity index is 2.06. The predicted molar refractivity (Wildman–Crippen MR) is 81.1 cm³/mol. The van der Waals surface area contributed by atoms with E-state index in [0.717, 1.165) is 11.5 Å². The Hall–Kier alpha value is -3.09. The van der Waals surface area contributed by atoms with Crippen LogP contribution in [0.1, 0.15) is 6.42 Å². The Kier molecular flexibility index (Phi) is 5.31. The number of para-hydroxylation sites is 1. The van der Waals surface area contributed by atoms with E-state index in [1.165, 1.54) is 0 Å². The van der Waals surface area contributed by atoms with Crippen molar-refractivity contribution in [2.75, 3.05) is 11.4 Å². The number of rotatable bonds is 5. The van der Waals surface area contributed by atoms with Gasteiger partial charge in [-0.05, 0) is 24.3 Å². The summed E-state index contributed by atoms with van der Waals surface area (Å²) in [5.74, 6) is 0.271. The average molecular weight is 300 g/mol. The highest BCUT2D eigenvalue weighted by Gasteiger charge is 2.12. The molecule has 3 N–H and O–H groups in total. The first-order valence-electron chi connectivity index (χ1n) is 6.65. The van der Waals surface area contributed by atoms with E-state index in [-0.39, 0.29) is 6.42 Å². The summed E-state index contributed by atoms with van der Waals surface area (Å²) in [6.45, 7) is 0.370. The predicted octanol–water partition coefficient (Wildman–Crippen LogP) is 1.74. The molecule has 0 atom stereocenters. The van der Waals surface area contributed by atoms with Gasteiger partial charge in [0.2, 0.25) is 0 Å². The number of carbonyl (C=O) groups excluding carboxylic acids is 2. The van der Waals surface area contributed by atoms with E-state index in [9.17, 15) is 9.59 Å². The molecule has 2 aromatic rings. The van der Waals surface area contributed by atoms with Gasteiger partial charge in [0, 0.05) is 24.8 Å². The number of nitrogens with one attached hydrogen (secondary N) is 1. The molecule has 2 amide bonds. The third-order valence-electron chi connectivity index (χ3n) is 2.82. The Bertz CT molecular complexity index is 580. The van der Waals surface area contributed by atoms with Crippen molar-refractivity contribution in [1.82, 2.24) is 10.5 Å². The summed E-state index contributed by atoms with van der Waals surface area (Å²) in [6.07, 6.45) is 0.735. The highest BCUT2D eigenvalue weighted by Crippen LogP contribution is 2.22. The number of carbonyl (C=O) groups is 2. The lowest BCUT2D eigenvalue weighted by molar-refractivity contribution is -0.129. The van der Waals surface area contributed by atoms with Gasteiger partial charge in [-0.15, -0.1) is 0 Å². The maximum atomic E-state index is 11.6. The first kappa shape index (κ1) is 15.3. The highest BCUT2D eigenvalue weighted by molar-refractivity contribution is 5.78. The number of hydrogen-bond donors (Lipinski definition) is 2. The van der Waals surface area contributed by atoms with Gasteiger partial charge in [-0.25, -0.2) is 9.78 Å². The van der Waals surface area contributed by atoms with Crippen LogP contribution in [-0.2, 0) is 9.63 Å². The minimum Gasteiger partial charge on any atom is -0.333 e. The lowest BCUT2D eigenvalue weighted by Crippen LogP contribution is -2.32. The van der Waals surface area contributed by atoms with E-state index in [1.54, 1.807) is 6.20 Å². The number of hydroxylamine groups is 1. The molecule has 22 heavy (non-hydrogen) atoms. The SMILES string of the molecule is NC(=O)ONC(=O)CCN(c1ccccc1)c1ccccn1. The van der Waals surface area contributed by atoms with E-state index in [0.29, 0.717) is 6.54 Å². The molecule has 0 aliphatic heterocycles. The summed E-state index contributed by atoms with van der Waals surface area (Å²) in [4.78, 5) is 32.5. The smallest absolute Gasteiger partial charge is 0.333 e. The van der Waals surface area contributed by atoms with Crippen LogP contribution in [0.2, 0.25) is 0 Å². The monoisotopic (exact) mass is 300 g/mol. The first-order chi connectivity index (χ1) is 10.7. The van der Waals surface area contributed by atoms with Gasteiger partial charge in [-0.2, -0.15) is 5.48 Å². The molecule has 0 saturated carbocycles. The Morgan fingerprint density at radius 3 is 2.50 bits per heavy atom. The molecule has 0 fully saturated rings. The van der Waals surface area contributed by atoms with Crippen molar-refractivity contribution < 1.29 is 14.4 Å². The fraction of sp³-hybridized carbons (Fsp3) is 0.133. The lowest BCUT2D eigenvalue weighted by Gasteiger charge is -2.23. The number of pyridine rings is 1. The van der Waals surface area contributed by atoms with Gasteiger partial charge in [0.15, 0.2) is 0 Å². The van der Waals surface area contributed by atoms with Crippen molar-refractivity contribution in [3.63, 3.8) is 0 Å². The molecule has 0 unspecified atom stereocenters. The topological polar surface area (TPSA) is 97.6 Å². The average Bonchev–Trinajstić information content (AvgIpc) is 2.55. The molecule has 7 heteroatoms. The zero-order chi connectivity index (χ0) is 15.8. The molecule has 114 valence electrons. The Labute approximate surface area is 127 Å². The minimum absolute atomic E-state index is 0.110. The van der Waals surface area contributed by atoms with Crippen LogP contribution in [-0.4, -0.2) is 23.5 Å². The summed E-state index contributed by atoms with van der Waals surface area (Å²) in [5, 5.41) is 0. The zero-order valence-electron chi connectivity index (χ0n) is 11.8. The van der Waals surface area contributed by atoms with Crippen LogP contribution in [0, 0.1) is 0 Å². The third-order valence-corrected chi connectivity index (χ3v) is 2.82. The largest absolute Gasteiger partial charge is 0.428 e. The number of anilines is 2. The van der Waals surface area contributed by atoms with Crippen molar-refractivity contribution in [3.05, 3.63) is 54.7 Å². The fourth-order valence-electron chi connectivity index (χ4n) is 1.87. The van der Waals surface area contributed by atoms with Crippen molar-refractivity contribution in [3.8, 4) is 0 Å². The third kappa shape index (κ3) is 4.48. The number of nitrogens with zero attached hydrogens (tertiary/aromatic N) is 2. The molecular formula is C15H16N4O3. The summed E-state index contributed by atoms with van der Waals surface area (Å²) >= 11 is 0. The van der Waals surface area contributed by atoms with Crippen LogP contribution in [0.5, 0.6) is 0 Å². The van der Waals surface area contributed by atoms with Crippen LogP contribution < -0.4 is 16.1 Å². The van der Waals surface area contributed by atoms with E-state index in [2.05, 4.69) is 9.82 Å². The summed E-state index contributed by atoms with van der Waals surface area (Å²) in [6, 6.07) is 15.1. The molecule has 1 heterocycles. The van der Waals surface area contributed by atoms with Crippen molar-refractivity contribution in [2.45, 2.75) is 6.42 Å². The molecule has 1 aromatic carbocycles. The van der Waals surface area contributed by atoms with Gasteiger partial charge in [0.05, 0.1) is 0 Å². The van der Waals surface area contributed by atoms with E-state index in [1.807, 2.05) is 58.9 Å². The van der Waals surface area contributed by atoms with Crippen LogP contribution in [0.25, 0.3) is 0 Å². The number of nitrogens with two attached hydrogens (primary N) is 1. The Morgan fingerprint density at radius 2 is 1.86 bits per heavy atom. The maximum absolute atomic E-state index is 11.6. The summed E-state index contributed by atoms with van der Waals surface area (Å²) in [7, 11) is 0. The quantitative estimate of drug-likeness (QED) is 0.820. The minimum atomic E-state index is -1.06. The van der Waals surface area contributed by atoms with Crippen molar-refractivity contribution in [1.29, 1.82) is 0 Å². The zero-order valence-corrected chi connectivity index (χ0v) is 11.8. The molecule has 0 spiro atoms. The van der Waals surface area contributed by atoms with E-state index in [4.69, 9.17) is 5.73 Å². The van der Waals surface area contributed by atoms with Gasteiger partial charge < -0.3 is 15.5 Å². The number of hydrogen-bond acceptors (Lipinski definition) is 5. The summed E-state index contributed by atoms with van der Waals surface area (Å²) < 4.78 is 0. The molecule has 7 nitrogen and oxygen atoms in total. The normalized spacial score (nSPS) is 9.82. The van der Waals surface area contributed by atoms with Gasteiger partial charge in [-0.1, -0.05) is 24.3 Å². The fourth-order valence-corrected chi connectivity index (χ4v) is 1.87. The molecule has 0 saturated heterocycles. The van der Waals surface area contributed by atoms with E-state index >= 15 is 0 Å². The van der Waals surface area contributed by atoms with Crippen molar-refractivity contribution >= 4 is 23.5 Å². The second kappa shape index (κ2) is 7.63. The van der Waals surface area contributed by atoms with E-state index < -0.39 is 12.0 Å². The molecule has 2 rings (SSSR count). The molecule has 0 bridgehead atoms. The standard InChI is InChI=1S/C15H16N4O3/c16-15(21)22-18-14(20)9-11-19(12-6-2-1-3-7-12)13-8-4-5-10-17-13/h1-8,10H,9,11H2,(H2,16,21)(H,18,20). The highest BCUT2D eigenvalue weighted by atomic mass is 16.7. The Morgan fingerprint density at radius 1 is 1.14 bits per heavy atom. The second-order valence-electron chi connectivity index (χ2n) is 4.37. The molecule has 0 aliphatic carbocycles. The lowest BCUT2D eigenvalue weighted by atomic mass is 10.2. The number of benzene rings is 1. The van der Waals surface area contributed by atoms with Gasteiger partial charge in [-0.3, -0.25) is 4.79 Å². The maximum Gasteiger partial charge on any atom is 0.428 e. The number of primary amides is 1. The molecular weight excluding hydrogens is 284 g/mol. The van der Waals surface area contributed by atoms with Crippen molar-refractivity contribution in [2.24, 2.45) is 5.73 Å². The van der Waals surface area contributed by atoms with Crippen LogP contribution in [0.15, 0.2) is 54.7 Å². The molecule has 1 aromatic heterocycles. The molecule has 0 aliphatic rings. The van der Waals surface area contributed by atoms with Crippen LogP contribution >= 0.6 is 0 Å². The second-order valence-corrected chi connectivity index (χ2v) is 4.37. The molecule has 0 radical (unpaired) electrons. The van der Waals surface area contributed by atoms with Gasteiger partial charge in [0.25, 0.3) is 5.91 Å².